The van der Waals surface area contributed by atoms with E-state index >= 15 is 0 Å². The molecule has 0 radical (unpaired) electrons. The Balaban J connectivity index is 1.33. The molecule has 4 aromatic carbocycles. The predicted molar refractivity (Wildman–Crippen MR) is 149 cm³/mol. The molecule has 0 saturated heterocycles. The minimum atomic E-state index is -1.28. The van der Waals surface area contributed by atoms with Crippen LogP contribution in [0.3, 0.4) is 0 Å². The third-order valence-corrected chi connectivity index (χ3v) is 5.72. The van der Waals surface area contributed by atoms with Gasteiger partial charge in [0, 0.05) is 16.9 Å². The highest BCUT2D eigenvalue weighted by Crippen LogP contribution is 2.24. The normalized spacial score (nSPS) is 11.0. The number of ether oxygens (including phenoxy) is 2. The Hall–Kier alpha value is -5.37. The fraction of sp³-hybridized carbons (Fsp3) is 0.0645. The second-order valence-corrected chi connectivity index (χ2v) is 8.58. The highest BCUT2D eigenvalue weighted by Gasteiger charge is 2.19. The molecule has 4 aromatic rings. The smallest absolute Gasteiger partial charge is 0.339 e. The minimum Gasteiger partial charge on any atom is -0.490 e. The Morgan fingerprint density at radius 1 is 0.718 bits per heavy atom. The van der Waals surface area contributed by atoms with E-state index < -0.39 is 17.7 Å². The molecular weight excluding hydrogens is 496 g/mol. The van der Waals surface area contributed by atoms with Crippen LogP contribution in [0.15, 0.2) is 103 Å². The fourth-order valence-corrected chi connectivity index (χ4v) is 3.82. The summed E-state index contributed by atoms with van der Waals surface area (Å²) in [6, 6.07) is 27.4. The van der Waals surface area contributed by atoms with Crippen molar-refractivity contribution < 1.29 is 29.0 Å². The molecule has 0 spiro atoms. The Kier molecular flexibility index (Phi) is 8.38. The van der Waals surface area contributed by atoms with Crippen LogP contribution in [-0.4, -0.2) is 36.0 Å². The number of rotatable bonds is 10. The number of esters is 1. The summed E-state index contributed by atoms with van der Waals surface area (Å²) >= 11 is 0. The average Bonchev–Trinajstić information content (AvgIpc) is 2.94. The predicted octanol–water partition coefficient (Wildman–Crippen LogP) is 5.10. The summed E-state index contributed by atoms with van der Waals surface area (Å²) in [7, 11) is 0. The van der Waals surface area contributed by atoms with Gasteiger partial charge in [-0.15, -0.1) is 0 Å². The lowest BCUT2D eigenvalue weighted by Crippen LogP contribution is -2.13. The van der Waals surface area contributed by atoms with Gasteiger partial charge >= 0.3 is 11.9 Å². The van der Waals surface area contributed by atoms with Gasteiger partial charge in [0.25, 0.3) is 0 Å². The van der Waals surface area contributed by atoms with Crippen LogP contribution in [0.1, 0.15) is 26.3 Å². The van der Waals surface area contributed by atoms with Crippen LogP contribution in [0.25, 0.3) is 17.2 Å². The number of nitrogen functional groups attached to an aromatic ring is 2. The fourth-order valence-electron chi connectivity index (χ4n) is 3.82. The van der Waals surface area contributed by atoms with Crippen LogP contribution in [-0.2, 0) is 9.53 Å². The van der Waals surface area contributed by atoms with Crippen molar-refractivity contribution >= 4 is 35.2 Å². The monoisotopic (exact) mass is 522 g/mol. The zero-order valence-corrected chi connectivity index (χ0v) is 20.9. The van der Waals surface area contributed by atoms with E-state index in [1.54, 1.807) is 60.7 Å². The van der Waals surface area contributed by atoms with Crippen molar-refractivity contribution in [3.05, 3.63) is 119 Å². The van der Waals surface area contributed by atoms with E-state index in [1.165, 1.54) is 18.2 Å². The van der Waals surface area contributed by atoms with Gasteiger partial charge in [-0.25, -0.2) is 9.59 Å². The van der Waals surface area contributed by atoms with Gasteiger partial charge in [0.15, 0.2) is 5.78 Å². The second-order valence-electron chi connectivity index (χ2n) is 8.58. The lowest BCUT2D eigenvalue weighted by atomic mass is 9.99. The summed E-state index contributed by atoms with van der Waals surface area (Å²) in [6.45, 7) is 0.215. The van der Waals surface area contributed by atoms with Crippen molar-refractivity contribution in [2.75, 3.05) is 24.7 Å². The van der Waals surface area contributed by atoms with Gasteiger partial charge in [0.05, 0.1) is 5.56 Å². The van der Waals surface area contributed by atoms with E-state index in [9.17, 15) is 19.5 Å². The van der Waals surface area contributed by atoms with Crippen LogP contribution in [0.5, 0.6) is 5.75 Å². The zero-order chi connectivity index (χ0) is 27.8. The molecule has 0 aliphatic carbocycles. The number of benzene rings is 4. The molecule has 0 atom stereocenters. The van der Waals surface area contributed by atoms with Crippen molar-refractivity contribution in [2.24, 2.45) is 0 Å². The van der Waals surface area contributed by atoms with Gasteiger partial charge < -0.3 is 26.0 Å². The Morgan fingerprint density at radius 3 is 1.90 bits per heavy atom. The summed E-state index contributed by atoms with van der Waals surface area (Å²) in [5.74, 6) is -1.76. The maximum Gasteiger partial charge on any atom is 0.339 e. The second kappa shape index (κ2) is 12.2. The number of Topliss-reactive ketones (excluding diaryl/α,β-unsaturated/α-hetero) is 1. The van der Waals surface area contributed by atoms with Gasteiger partial charge in [-0.05, 0) is 53.1 Å². The summed E-state index contributed by atoms with van der Waals surface area (Å²) in [4.78, 5) is 36.5. The third-order valence-electron chi connectivity index (χ3n) is 5.72. The van der Waals surface area contributed by atoms with Crippen molar-refractivity contribution in [1.82, 2.24) is 0 Å². The van der Waals surface area contributed by atoms with Gasteiger partial charge in [0.2, 0.25) is 0 Å². The molecule has 0 aliphatic rings. The van der Waals surface area contributed by atoms with Crippen molar-refractivity contribution in [1.29, 1.82) is 0 Å². The van der Waals surface area contributed by atoms with Gasteiger partial charge in [-0.1, -0.05) is 66.7 Å². The molecule has 0 bridgehead atoms. The lowest BCUT2D eigenvalue weighted by Gasteiger charge is -2.09. The largest absolute Gasteiger partial charge is 0.490 e. The third kappa shape index (κ3) is 7.11. The topological polar surface area (TPSA) is 142 Å². The number of ketones is 1. The van der Waals surface area contributed by atoms with E-state index in [2.05, 4.69) is 0 Å². The number of nitrogens with two attached hydrogens (primary N) is 2. The van der Waals surface area contributed by atoms with Crippen molar-refractivity contribution in [2.45, 2.75) is 0 Å². The molecule has 0 heterocycles. The minimum absolute atomic E-state index is 0.0510. The number of carbonyl (C=O) groups excluding carboxylic acids is 2. The van der Waals surface area contributed by atoms with E-state index in [1.807, 2.05) is 24.3 Å². The first-order chi connectivity index (χ1) is 18.8. The van der Waals surface area contributed by atoms with Crippen LogP contribution >= 0.6 is 0 Å². The number of aliphatic carboxylic acids is 1. The molecule has 8 heteroatoms. The maximum absolute atomic E-state index is 12.6. The number of carbonyl (C=O) groups is 3. The molecule has 0 unspecified atom stereocenters. The van der Waals surface area contributed by atoms with Crippen molar-refractivity contribution in [3.8, 4) is 16.9 Å². The molecule has 0 aromatic heterocycles. The van der Waals surface area contributed by atoms with Crippen LogP contribution < -0.4 is 16.2 Å². The van der Waals surface area contributed by atoms with E-state index in [-0.39, 0.29) is 24.4 Å². The molecule has 0 amide bonds. The standard InChI is InChI=1S/C31H26N2O6/c32-25-17-24(18-26(33)19-25)31(37)39-15-14-38-27-12-10-22(11-13-27)21-8-6-20(7-9-21)16-28(30(35)36)29(34)23-4-2-1-3-5-23/h1-13,16-19H,14-15,32-33H2,(H,35,36). The SMILES string of the molecule is Nc1cc(N)cc(C(=O)OCCOc2ccc(-c3ccc(C=C(C(=O)O)C(=O)c4ccccc4)cc3)cc2)c1. The summed E-state index contributed by atoms with van der Waals surface area (Å²) in [6.07, 6.45) is 1.37. The summed E-state index contributed by atoms with van der Waals surface area (Å²) in [5.41, 5.74) is 14.9. The molecule has 0 aliphatic heterocycles. The van der Waals surface area contributed by atoms with Crippen LogP contribution in [0.2, 0.25) is 0 Å². The first kappa shape index (κ1) is 26.7. The zero-order valence-electron chi connectivity index (χ0n) is 20.9. The maximum atomic E-state index is 12.6. The summed E-state index contributed by atoms with van der Waals surface area (Å²) < 4.78 is 10.9. The highest BCUT2D eigenvalue weighted by molar-refractivity contribution is 6.26. The Morgan fingerprint density at radius 2 is 1.31 bits per heavy atom. The number of hydrogen-bond acceptors (Lipinski definition) is 7. The number of anilines is 2. The van der Waals surface area contributed by atoms with Gasteiger partial charge in [-0.2, -0.15) is 0 Å². The molecule has 39 heavy (non-hydrogen) atoms. The molecule has 8 nitrogen and oxygen atoms in total. The number of hydrogen-bond donors (Lipinski definition) is 3. The Bertz CT molecular complexity index is 1490. The van der Waals surface area contributed by atoms with Crippen LogP contribution in [0, 0.1) is 0 Å². The Labute approximate surface area is 225 Å². The highest BCUT2D eigenvalue weighted by atomic mass is 16.6. The number of carboxylic acid groups (broad SMARTS) is 1. The molecule has 5 N–H and O–H groups in total. The number of carboxylic acids is 1. The average molecular weight is 523 g/mol. The molecule has 0 fully saturated rings. The first-order valence-electron chi connectivity index (χ1n) is 12.0. The van der Waals surface area contributed by atoms with E-state index in [4.69, 9.17) is 20.9 Å². The molecule has 4 rings (SSSR count). The molecule has 196 valence electrons. The van der Waals surface area contributed by atoms with E-state index in [0.29, 0.717) is 28.3 Å². The first-order valence-corrected chi connectivity index (χ1v) is 12.0. The summed E-state index contributed by atoms with van der Waals surface area (Å²) in [5, 5.41) is 9.57. The van der Waals surface area contributed by atoms with Gasteiger partial charge in [-0.3, -0.25) is 4.79 Å². The van der Waals surface area contributed by atoms with Crippen LogP contribution in [0.4, 0.5) is 11.4 Å². The van der Waals surface area contributed by atoms with Crippen molar-refractivity contribution in [3.63, 3.8) is 0 Å². The molecule has 0 saturated carbocycles. The molecular formula is C31H26N2O6. The van der Waals surface area contributed by atoms with E-state index in [0.717, 1.165) is 11.1 Å². The van der Waals surface area contributed by atoms with Gasteiger partial charge in [0.1, 0.15) is 24.5 Å². The lowest BCUT2D eigenvalue weighted by molar-refractivity contribution is -0.132. The quantitative estimate of drug-likeness (QED) is 0.0496.